The molecule has 0 atom stereocenters. The Morgan fingerprint density at radius 3 is 1.12 bits per heavy atom. The highest BCUT2D eigenvalue weighted by molar-refractivity contribution is 7.00. The molecule has 4 nitrogen and oxygen atoms in total. The van der Waals surface area contributed by atoms with Crippen LogP contribution in [0, 0.1) is 0 Å². The topological polar surface area (TPSA) is 16.3 Å². The smallest absolute Gasteiger partial charge is 0.252 e. The van der Waals surface area contributed by atoms with Crippen molar-refractivity contribution in [2.24, 2.45) is 0 Å². The highest BCUT2D eigenvalue weighted by Crippen LogP contribution is 2.50. The van der Waals surface area contributed by atoms with Crippen LogP contribution in [0.15, 0.2) is 254 Å². The summed E-state index contributed by atoms with van der Waals surface area (Å²) in [5.74, 6) is 0. The predicted molar refractivity (Wildman–Crippen MR) is 319 cm³/mol. The van der Waals surface area contributed by atoms with E-state index in [1.807, 2.05) is 130 Å². The number of para-hydroxylation sites is 6. The lowest BCUT2D eigenvalue weighted by Crippen LogP contribution is -2.61. The van der Waals surface area contributed by atoms with Crippen molar-refractivity contribution in [1.82, 2.24) is 9.13 Å². The lowest BCUT2D eigenvalue weighted by molar-refractivity contribution is 0.590. The molecule has 354 valence electrons. The van der Waals surface area contributed by atoms with E-state index in [-0.39, 0.29) is 43.8 Å². The van der Waals surface area contributed by atoms with Crippen LogP contribution in [0.4, 0.5) is 34.1 Å². The predicted octanol–water partition coefficient (Wildman–Crippen LogP) is 16.6. The van der Waals surface area contributed by atoms with Crippen molar-refractivity contribution in [2.45, 2.75) is 26.2 Å². The van der Waals surface area contributed by atoms with E-state index in [2.05, 4.69) is 0 Å². The Hall–Kier alpha value is -9.32. The zero-order chi connectivity index (χ0) is 69.1. The SMILES string of the molecule is [2H]c1c([2H])c(-n2c3c([2H])c([2H])c([2H])c([2H])c3c3c([2H])c([2H])c([2H])c([2H])c32)c([2H])c2c1B1c3c(cc(C(C)(C)C)cc3N(c3ccccc3-c3ccccc3)c3c([2H])c(-n4c5c([2H])c([2H])c([2H])c([2H])c5c5c([2H])c([2H])c([2H])c([2H])c54)c([2H])c([2H])c31)N2c1ccccc1-c1ccccc1. The average Bonchev–Trinajstić information content (AvgIpc) is 1.25. The molecule has 0 bridgehead atoms. The summed E-state index contributed by atoms with van der Waals surface area (Å²) >= 11 is 0. The van der Waals surface area contributed by atoms with Crippen molar-refractivity contribution in [3.05, 3.63) is 260 Å². The van der Waals surface area contributed by atoms with Crippen LogP contribution >= 0.6 is 0 Å². The Bertz CT molecular complexity index is 5260. The van der Waals surface area contributed by atoms with E-state index in [0.29, 0.717) is 56.0 Å². The van der Waals surface area contributed by atoms with Crippen molar-refractivity contribution in [1.29, 1.82) is 0 Å². The van der Waals surface area contributed by atoms with Gasteiger partial charge in [0.25, 0.3) is 6.71 Å². The van der Waals surface area contributed by atoms with Gasteiger partial charge >= 0.3 is 0 Å². The minimum atomic E-state index is -1.52. The molecule has 2 aromatic heterocycles. The fraction of sp³-hybridized carbons (Fsp3) is 0.0571. The summed E-state index contributed by atoms with van der Waals surface area (Å²) in [6, 6.07) is 21.7. The molecule has 11 aromatic carbocycles. The van der Waals surface area contributed by atoms with Gasteiger partial charge in [0.05, 0.1) is 63.6 Å². The van der Waals surface area contributed by atoms with E-state index < -0.39 is 179 Å². The third kappa shape index (κ3) is 6.57. The molecule has 0 saturated heterocycles. The number of fused-ring (bicyclic) bond motifs is 10. The summed E-state index contributed by atoms with van der Waals surface area (Å²) in [6.45, 7) is 4.44. The summed E-state index contributed by atoms with van der Waals surface area (Å²) in [4.78, 5) is 3.55. The summed E-state index contributed by atoms with van der Waals surface area (Å²) in [6.07, 6.45) is 0. The second kappa shape index (κ2) is 16.6. The van der Waals surface area contributed by atoms with Gasteiger partial charge in [0.1, 0.15) is 0 Å². The maximum Gasteiger partial charge on any atom is 0.252 e. The van der Waals surface area contributed by atoms with Gasteiger partial charge in [-0.15, -0.1) is 0 Å². The molecular formula is C70H51BN4. The van der Waals surface area contributed by atoms with Gasteiger partial charge in [-0.3, -0.25) is 0 Å². The fourth-order valence-electron chi connectivity index (χ4n) is 11.0. The third-order valence-corrected chi connectivity index (χ3v) is 14.4. The average molecular weight is 981 g/mol. The van der Waals surface area contributed by atoms with Crippen LogP contribution in [0.1, 0.15) is 56.5 Å². The highest BCUT2D eigenvalue weighted by Gasteiger charge is 2.45. The molecule has 5 heteroatoms. The first kappa shape index (κ1) is 26.6. The maximum absolute atomic E-state index is 11.1. The van der Waals surface area contributed by atoms with Crippen LogP contribution in [0.25, 0.3) is 77.2 Å². The first-order chi connectivity index (χ1) is 46.1. The molecule has 15 rings (SSSR count). The lowest BCUT2D eigenvalue weighted by Gasteiger charge is -2.46. The molecule has 4 heterocycles. The van der Waals surface area contributed by atoms with E-state index >= 15 is 0 Å². The van der Waals surface area contributed by atoms with E-state index in [4.69, 9.17) is 11.0 Å². The second-order valence-electron chi connectivity index (χ2n) is 19.6. The number of aromatic nitrogens is 2. The fourth-order valence-corrected chi connectivity index (χ4v) is 11.0. The number of hydrogen-bond donors (Lipinski definition) is 0. The Morgan fingerprint density at radius 2 is 0.733 bits per heavy atom. The summed E-state index contributed by atoms with van der Waals surface area (Å²) in [5.41, 5.74) is 1.17. The van der Waals surface area contributed by atoms with Gasteiger partial charge in [0.2, 0.25) is 0 Å². The molecular weight excluding hydrogens is 908 g/mol. The van der Waals surface area contributed by atoms with Crippen molar-refractivity contribution in [2.75, 3.05) is 9.80 Å². The monoisotopic (exact) mass is 981 g/mol. The van der Waals surface area contributed by atoms with Crippen LogP contribution in [-0.4, -0.2) is 15.8 Å². The van der Waals surface area contributed by atoms with Crippen molar-refractivity contribution < 1.29 is 30.2 Å². The van der Waals surface area contributed by atoms with E-state index in [0.717, 1.165) is 9.13 Å². The third-order valence-electron chi connectivity index (χ3n) is 14.4. The number of hydrogen-bond acceptors (Lipinski definition) is 2. The largest absolute Gasteiger partial charge is 0.311 e. The van der Waals surface area contributed by atoms with Gasteiger partial charge in [-0.2, -0.15) is 0 Å². The van der Waals surface area contributed by atoms with Crippen LogP contribution in [-0.2, 0) is 5.41 Å². The van der Waals surface area contributed by atoms with Crippen LogP contribution < -0.4 is 26.2 Å². The molecule has 0 spiro atoms. The van der Waals surface area contributed by atoms with Crippen molar-refractivity contribution >= 4 is 101 Å². The van der Waals surface area contributed by atoms with Gasteiger partial charge in [-0.1, -0.05) is 202 Å². The Kier molecular flexibility index (Phi) is 5.89. The molecule has 0 aliphatic carbocycles. The van der Waals surface area contributed by atoms with Crippen LogP contribution in [0.5, 0.6) is 0 Å². The number of anilines is 6. The summed E-state index contributed by atoms with van der Waals surface area (Å²) in [5, 5.41) is -1.34. The molecule has 2 aliphatic rings. The Labute approximate surface area is 468 Å². The zero-order valence-electron chi connectivity index (χ0n) is 62.4. The summed E-state index contributed by atoms with van der Waals surface area (Å²) < 4.78 is 214. The zero-order valence-corrected chi connectivity index (χ0v) is 40.4. The summed E-state index contributed by atoms with van der Waals surface area (Å²) in [7, 11) is 0. The van der Waals surface area contributed by atoms with Crippen molar-refractivity contribution in [3.63, 3.8) is 0 Å². The Balaban J connectivity index is 1.19. The van der Waals surface area contributed by atoms with Gasteiger partial charge in [0.15, 0.2) is 0 Å². The molecule has 0 saturated carbocycles. The molecule has 75 heavy (non-hydrogen) atoms. The molecule has 0 fully saturated rings. The molecule has 13 aromatic rings. The number of nitrogens with zero attached hydrogens (tertiary/aromatic N) is 4. The standard InChI is InChI=1S/C70H51BN4/c1-70(2,3)48-42-67-69-68(43-48)75(60-33-17-11-27-52(60)47-24-8-5-9-25-47)66-45-50(73-63-36-20-14-30-55(63)56-31-15-21-37-64(56)73)39-41-58(66)71(69)57-40-38-49(72-61-34-18-12-28-53(61)54-29-13-19-35-62(54)72)44-65(57)74(67)59-32-16-10-26-51(59)46-22-6-4-7-23-46/h4-45H,1-3H3/i12D,13D,14D,15D,18D,19D,20D,21D,28D,29D,30D,31D,34D,35D,36D,37D,38D,39D,40D,41D,44D,45D. The van der Waals surface area contributed by atoms with Crippen molar-refractivity contribution in [3.8, 4) is 33.6 Å². The maximum atomic E-state index is 11.1. The van der Waals surface area contributed by atoms with Gasteiger partial charge < -0.3 is 18.9 Å². The van der Waals surface area contributed by atoms with E-state index in [1.54, 1.807) is 21.9 Å². The molecule has 0 amide bonds. The van der Waals surface area contributed by atoms with Crippen LogP contribution in [0.2, 0.25) is 0 Å². The van der Waals surface area contributed by atoms with Crippen LogP contribution in [0.3, 0.4) is 0 Å². The van der Waals surface area contributed by atoms with Gasteiger partial charge in [0, 0.05) is 66.8 Å². The van der Waals surface area contributed by atoms with Gasteiger partial charge in [-0.05, 0) is 111 Å². The quantitative estimate of drug-likeness (QED) is 0.154. The lowest BCUT2D eigenvalue weighted by atomic mass is 9.33. The van der Waals surface area contributed by atoms with E-state index in [9.17, 15) is 19.2 Å². The second-order valence-corrected chi connectivity index (χ2v) is 19.6. The minimum absolute atomic E-state index is 0.124. The molecule has 0 N–H and O–H groups in total. The first-order valence-corrected chi connectivity index (χ1v) is 24.4. The Morgan fingerprint density at radius 1 is 0.373 bits per heavy atom. The minimum Gasteiger partial charge on any atom is -0.311 e. The normalized spacial score (nSPS) is 17.0. The molecule has 0 unspecified atom stereocenters. The van der Waals surface area contributed by atoms with E-state index in [1.165, 1.54) is 0 Å². The number of benzene rings is 11. The molecule has 2 aliphatic heterocycles. The molecule has 0 radical (unpaired) electrons. The highest BCUT2D eigenvalue weighted by atomic mass is 15.2. The number of rotatable bonds is 6. The first-order valence-electron chi connectivity index (χ1n) is 35.4. The van der Waals surface area contributed by atoms with Gasteiger partial charge in [-0.25, -0.2) is 0 Å².